The van der Waals surface area contributed by atoms with Gasteiger partial charge >= 0.3 is 0 Å². The predicted molar refractivity (Wildman–Crippen MR) is 111 cm³/mol. The normalized spacial score (nSPS) is 16.2. The average Bonchev–Trinajstić information content (AvgIpc) is 3.18. The van der Waals surface area contributed by atoms with E-state index in [-0.39, 0.29) is 12.2 Å². The summed E-state index contributed by atoms with van der Waals surface area (Å²) in [6.45, 7) is 4.53. The Balaban J connectivity index is 1.42. The molecular formula is C24H22O3S. The van der Waals surface area contributed by atoms with Gasteiger partial charge in [0, 0.05) is 11.3 Å². The number of rotatable bonds is 5. The van der Waals surface area contributed by atoms with Crippen molar-refractivity contribution in [3.05, 3.63) is 70.1 Å². The Bertz CT molecular complexity index is 1080. The van der Waals surface area contributed by atoms with Gasteiger partial charge in [-0.05, 0) is 84.2 Å². The molecule has 0 saturated heterocycles. The van der Waals surface area contributed by atoms with Crippen LogP contribution in [0.15, 0.2) is 47.8 Å². The number of ether oxygens (including phenoxy) is 2. The highest BCUT2D eigenvalue weighted by molar-refractivity contribution is 7.13. The van der Waals surface area contributed by atoms with Crippen LogP contribution in [0.1, 0.15) is 35.1 Å². The fourth-order valence-corrected chi connectivity index (χ4v) is 5.08. The Kier molecular flexibility index (Phi) is 4.06. The first-order chi connectivity index (χ1) is 13.6. The maximum atomic E-state index is 13.3. The van der Waals surface area contributed by atoms with E-state index in [9.17, 15) is 4.79 Å². The summed E-state index contributed by atoms with van der Waals surface area (Å²) in [4.78, 5) is 14.6. The summed E-state index contributed by atoms with van der Waals surface area (Å²) in [5.74, 6) is 1.81. The van der Waals surface area contributed by atoms with Crippen molar-refractivity contribution in [2.24, 2.45) is 0 Å². The zero-order valence-corrected chi connectivity index (χ0v) is 16.9. The molecule has 28 heavy (non-hydrogen) atoms. The Morgan fingerprint density at radius 1 is 1.00 bits per heavy atom. The third kappa shape index (κ3) is 2.83. The van der Waals surface area contributed by atoms with Crippen molar-refractivity contribution in [2.75, 3.05) is 6.79 Å². The minimum Gasteiger partial charge on any atom is -0.454 e. The number of carbonyl (C=O) groups is 1. The number of thiophene rings is 1. The summed E-state index contributed by atoms with van der Waals surface area (Å²) in [6.07, 6.45) is 2.29. The maximum absolute atomic E-state index is 13.3. The predicted octanol–water partition coefficient (Wildman–Crippen LogP) is 5.60. The molecule has 0 bridgehead atoms. The second kappa shape index (κ2) is 6.49. The summed E-state index contributed by atoms with van der Waals surface area (Å²) in [6, 6.07) is 14.5. The van der Waals surface area contributed by atoms with Crippen molar-refractivity contribution < 1.29 is 14.3 Å². The van der Waals surface area contributed by atoms with Crippen LogP contribution in [0.25, 0.3) is 10.4 Å². The lowest BCUT2D eigenvalue weighted by atomic mass is 9.87. The number of hydrogen-bond donors (Lipinski definition) is 0. The third-order valence-corrected chi connectivity index (χ3v) is 7.03. The average molecular weight is 391 g/mol. The lowest BCUT2D eigenvalue weighted by Gasteiger charge is -2.16. The van der Waals surface area contributed by atoms with E-state index in [2.05, 4.69) is 43.5 Å². The van der Waals surface area contributed by atoms with Crippen molar-refractivity contribution in [3.63, 3.8) is 0 Å². The molecule has 0 atom stereocenters. The second-order valence-electron chi connectivity index (χ2n) is 7.83. The molecule has 2 heterocycles. The van der Waals surface area contributed by atoms with Gasteiger partial charge in [-0.2, -0.15) is 0 Å². The van der Waals surface area contributed by atoms with E-state index in [1.807, 2.05) is 18.2 Å². The van der Waals surface area contributed by atoms with Gasteiger partial charge in [-0.1, -0.05) is 18.2 Å². The first-order valence-electron chi connectivity index (χ1n) is 9.64. The molecule has 0 unspecified atom stereocenters. The summed E-state index contributed by atoms with van der Waals surface area (Å²) in [5.41, 5.74) is 5.57. The molecule has 3 nitrogen and oxygen atoms in total. The first kappa shape index (κ1) is 17.5. The molecule has 1 saturated carbocycles. The maximum Gasteiger partial charge on any atom is 0.231 e. The van der Waals surface area contributed by atoms with Crippen molar-refractivity contribution in [1.82, 2.24) is 0 Å². The van der Waals surface area contributed by atoms with E-state index in [0.29, 0.717) is 12.2 Å². The fourth-order valence-electron chi connectivity index (χ4n) is 4.07. The smallest absolute Gasteiger partial charge is 0.231 e. The van der Waals surface area contributed by atoms with E-state index in [0.717, 1.165) is 35.5 Å². The van der Waals surface area contributed by atoms with Gasteiger partial charge in [0.15, 0.2) is 11.5 Å². The number of hydrogen-bond acceptors (Lipinski definition) is 4. The summed E-state index contributed by atoms with van der Waals surface area (Å²) in [7, 11) is 0. The topological polar surface area (TPSA) is 35.5 Å². The van der Waals surface area contributed by atoms with Gasteiger partial charge in [0.25, 0.3) is 0 Å². The van der Waals surface area contributed by atoms with Crippen molar-refractivity contribution in [2.45, 2.75) is 38.5 Å². The summed E-state index contributed by atoms with van der Waals surface area (Å²) < 4.78 is 10.9. The lowest BCUT2D eigenvalue weighted by molar-refractivity contribution is -0.120. The van der Waals surface area contributed by atoms with Gasteiger partial charge < -0.3 is 9.47 Å². The minimum atomic E-state index is -0.356. The molecular weight excluding hydrogens is 368 g/mol. The Morgan fingerprint density at radius 2 is 1.82 bits per heavy atom. The second-order valence-corrected chi connectivity index (χ2v) is 8.75. The Hall–Kier alpha value is -2.59. The monoisotopic (exact) mass is 390 g/mol. The fraction of sp³-hybridized carbons (Fsp3) is 0.292. The highest BCUT2D eigenvalue weighted by Crippen LogP contribution is 2.51. The summed E-state index contributed by atoms with van der Waals surface area (Å²) in [5, 5.41) is 2.13. The molecule has 0 spiro atoms. The van der Waals surface area contributed by atoms with E-state index in [4.69, 9.17) is 9.47 Å². The zero-order valence-electron chi connectivity index (χ0n) is 16.1. The first-order valence-corrected chi connectivity index (χ1v) is 10.5. The van der Waals surface area contributed by atoms with E-state index < -0.39 is 0 Å². The van der Waals surface area contributed by atoms with Crippen LogP contribution in [0.3, 0.4) is 0 Å². The summed E-state index contributed by atoms with van der Waals surface area (Å²) >= 11 is 1.76. The number of fused-ring (bicyclic) bond motifs is 1. The molecule has 1 aliphatic heterocycles. The van der Waals surface area contributed by atoms with Crippen LogP contribution < -0.4 is 9.47 Å². The standard InChI is InChI=1S/C24H22O3S/c1-15-3-4-17(11-19(15)23-16(2)7-10-28-23)12-22(25)24(8-9-24)18-5-6-20-21(13-18)27-14-26-20/h3-7,10-11,13H,8-9,12,14H2,1-2H3. The molecule has 3 aromatic rings. The zero-order chi connectivity index (χ0) is 19.3. The molecule has 4 heteroatoms. The SMILES string of the molecule is Cc1ccc(CC(=O)C2(c3ccc4c(c3)OCO4)CC2)cc1-c1sccc1C. The molecule has 2 aliphatic rings. The van der Waals surface area contributed by atoms with Crippen LogP contribution in [-0.4, -0.2) is 12.6 Å². The Morgan fingerprint density at radius 3 is 2.57 bits per heavy atom. The van der Waals surface area contributed by atoms with Gasteiger partial charge in [0.05, 0.1) is 5.41 Å². The Labute approximate surface area is 168 Å². The molecule has 1 aromatic heterocycles. The number of aryl methyl sites for hydroxylation is 2. The van der Waals surface area contributed by atoms with Crippen LogP contribution in [-0.2, 0) is 16.6 Å². The number of carbonyl (C=O) groups excluding carboxylic acids is 1. The van der Waals surface area contributed by atoms with Crippen LogP contribution in [0.2, 0.25) is 0 Å². The van der Waals surface area contributed by atoms with Gasteiger partial charge in [-0.3, -0.25) is 4.79 Å². The van der Waals surface area contributed by atoms with E-state index in [1.165, 1.54) is 21.6 Å². The number of Topliss-reactive ketones (excluding diaryl/α,β-unsaturated/α-hetero) is 1. The van der Waals surface area contributed by atoms with Crippen LogP contribution in [0, 0.1) is 13.8 Å². The number of benzene rings is 2. The van der Waals surface area contributed by atoms with E-state index in [1.54, 1.807) is 11.3 Å². The molecule has 1 fully saturated rings. The largest absolute Gasteiger partial charge is 0.454 e. The van der Waals surface area contributed by atoms with Crippen molar-refractivity contribution in [3.8, 4) is 21.9 Å². The van der Waals surface area contributed by atoms with Crippen LogP contribution >= 0.6 is 11.3 Å². The van der Waals surface area contributed by atoms with Crippen LogP contribution in [0.4, 0.5) is 0 Å². The van der Waals surface area contributed by atoms with Gasteiger partial charge in [0.1, 0.15) is 5.78 Å². The molecule has 142 valence electrons. The van der Waals surface area contributed by atoms with Gasteiger partial charge in [-0.25, -0.2) is 0 Å². The quantitative estimate of drug-likeness (QED) is 0.568. The van der Waals surface area contributed by atoms with E-state index >= 15 is 0 Å². The van der Waals surface area contributed by atoms with Gasteiger partial charge in [-0.15, -0.1) is 11.3 Å². The third-order valence-electron chi connectivity index (χ3n) is 5.98. The molecule has 0 radical (unpaired) electrons. The van der Waals surface area contributed by atoms with Gasteiger partial charge in [0.2, 0.25) is 6.79 Å². The van der Waals surface area contributed by atoms with Crippen molar-refractivity contribution in [1.29, 1.82) is 0 Å². The molecule has 0 N–H and O–H groups in total. The number of ketones is 1. The highest BCUT2D eigenvalue weighted by Gasteiger charge is 2.50. The van der Waals surface area contributed by atoms with Crippen LogP contribution in [0.5, 0.6) is 11.5 Å². The lowest BCUT2D eigenvalue weighted by Crippen LogP contribution is -2.22. The molecule has 2 aromatic carbocycles. The molecule has 5 rings (SSSR count). The molecule has 0 amide bonds. The highest BCUT2D eigenvalue weighted by atomic mass is 32.1. The van der Waals surface area contributed by atoms with Crippen molar-refractivity contribution >= 4 is 17.1 Å². The minimum absolute atomic E-state index is 0.258. The molecule has 1 aliphatic carbocycles.